The predicted molar refractivity (Wildman–Crippen MR) is 68.6 cm³/mol. The first-order valence-corrected chi connectivity index (χ1v) is 7.64. The topological polar surface area (TPSA) is 97.6 Å². The van der Waals surface area contributed by atoms with Gasteiger partial charge < -0.3 is 4.90 Å². The average molecular weight is 305 g/mol. The second kappa shape index (κ2) is 4.78. The lowest BCUT2D eigenvalue weighted by Gasteiger charge is -2.15. The third-order valence-corrected chi connectivity index (χ3v) is 4.73. The molecule has 1 aliphatic heterocycles. The van der Waals surface area contributed by atoms with E-state index < -0.39 is 19.2 Å². The number of halogens is 1. The second-order valence-electron chi connectivity index (χ2n) is 4.08. The number of nitro groups is 1. The van der Waals surface area contributed by atoms with Gasteiger partial charge in [0.25, 0.3) is 5.69 Å². The van der Waals surface area contributed by atoms with E-state index in [1.807, 2.05) is 0 Å². The third kappa shape index (κ3) is 2.85. The minimum Gasteiger partial charge on any atom is -0.311 e. The van der Waals surface area contributed by atoms with Crippen LogP contribution in [0, 0.1) is 10.1 Å². The molecule has 0 bridgehead atoms. The SMILES string of the molecule is O=C1CC(S(=O)(=O)Cl)CN1c1ccc([N+](=O)[O-])cc1. The highest BCUT2D eigenvalue weighted by molar-refractivity contribution is 8.14. The quantitative estimate of drug-likeness (QED) is 0.476. The van der Waals surface area contributed by atoms with E-state index in [0.717, 1.165) is 0 Å². The van der Waals surface area contributed by atoms with Crippen LogP contribution in [0.2, 0.25) is 0 Å². The molecule has 0 saturated carbocycles. The van der Waals surface area contributed by atoms with Gasteiger partial charge >= 0.3 is 0 Å². The Morgan fingerprint density at radius 1 is 1.32 bits per heavy atom. The molecular formula is C10H9ClN2O5S. The summed E-state index contributed by atoms with van der Waals surface area (Å²) >= 11 is 0. The Kier molecular flexibility index (Phi) is 3.46. The van der Waals surface area contributed by atoms with E-state index in [1.165, 1.54) is 29.2 Å². The second-order valence-corrected chi connectivity index (χ2v) is 6.99. The zero-order valence-corrected chi connectivity index (χ0v) is 11.1. The molecule has 7 nitrogen and oxygen atoms in total. The van der Waals surface area contributed by atoms with Gasteiger partial charge in [0.15, 0.2) is 0 Å². The molecule has 1 heterocycles. The predicted octanol–water partition coefficient (Wildman–Crippen LogP) is 1.27. The molecule has 9 heteroatoms. The summed E-state index contributed by atoms with van der Waals surface area (Å²) in [4.78, 5) is 22.9. The summed E-state index contributed by atoms with van der Waals surface area (Å²) in [6, 6.07) is 5.31. The largest absolute Gasteiger partial charge is 0.311 e. The Balaban J connectivity index is 2.23. The van der Waals surface area contributed by atoms with E-state index in [-0.39, 0.29) is 24.6 Å². The number of carbonyl (C=O) groups excluding carboxylic acids is 1. The molecule has 102 valence electrons. The fraction of sp³-hybridized carbons (Fsp3) is 0.300. The lowest BCUT2D eigenvalue weighted by molar-refractivity contribution is -0.384. The fourth-order valence-corrected chi connectivity index (χ4v) is 2.89. The number of carbonyl (C=O) groups is 1. The molecule has 1 aromatic carbocycles. The van der Waals surface area contributed by atoms with E-state index in [4.69, 9.17) is 10.7 Å². The summed E-state index contributed by atoms with van der Waals surface area (Å²) in [5, 5.41) is 9.56. The Morgan fingerprint density at radius 2 is 1.89 bits per heavy atom. The highest BCUT2D eigenvalue weighted by Gasteiger charge is 2.38. The van der Waals surface area contributed by atoms with Gasteiger partial charge in [0.2, 0.25) is 15.0 Å². The Bertz CT molecular complexity index is 628. The number of rotatable bonds is 3. The first kappa shape index (κ1) is 13.8. The highest BCUT2D eigenvalue weighted by Crippen LogP contribution is 2.27. The molecule has 1 saturated heterocycles. The van der Waals surface area contributed by atoms with Crippen LogP contribution in [0.1, 0.15) is 6.42 Å². The minimum absolute atomic E-state index is 0.0392. The molecule has 0 aromatic heterocycles. The monoisotopic (exact) mass is 304 g/mol. The van der Waals surface area contributed by atoms with Gasteiger partial charge in [-0.3, -0.25) is 14.9 Å². The molecule has 0 aliphatic carbocycles. The van der Waals surface area contributed by atoms with Crippen molar-refractivity contribution in [2.24, 2.45) is 0 Å². The molecule has 1 atom stereocenters. The summed E-state index contributed by atoms with van der Waals surface area (Å²) < 4.78 is 22.4. The van der Waals surface area contributed by atoms with Crippen LogP contribution in [0.15, 0.2) is 24.3 Å². The molecular weight excluding hydrogens is 296 g/mol. The number of non-ortho nitro benzene ring substituents is 1. The van der Waals surface area contributed by atoms with Gasteiger partial charge in [-0.25, -0.2) is 8.42 Å². The summed E-state index contributed by atoms with van der Waals surface area (Å²) in [5.41, 5.74) is 0.315. The van der Waals surface area contributed by atoms with Gasteiger partial charge in [-0.2, -0.15) is 0 Å². The number of hydrogen-bond donors (Lipinski definition) is 0. The summed E-state index contributed by atoms with van der Waals surface area (Å²) in [5.74, 6) is -0.372. The first-order valence-electron chi connectivity index (χ1n) is 5.27. The summed E-state index contributed by atoms with van der Waals surface area (Å²) in [7, 11) is 1.43. The number of hydrogen-bond acceptors (Lipinski definition) is 5. The molecule has 1 amide bonds. The van der Waals surface area contributed by atoms with Crippen LogP contribution in [-0.2, 0) is 13.8 Å². The number of anilines is 1. The van der Waals surface area contributed by atoms with Crippen LogP contribution in [-0.4, -0.2) is 31.0 Å². The molecule has 19 heavy (non-hydrogen) atoms. The molecule has 2 rings (SSSR count). The van der Waals surface area contributed by atoms with Crippen molar-refractivity contribution in [3.63, 3.8) is 0 Å². The van der Waals surface area contributed by atoms with Gasteiger partial charge in [-0.05, 0) is 12.1 Å². The van der Waals surface area contributed by atoms with E-state index in [0.29, 0.717) is 5.69 Å². The molecule has 1 fully saturated rings. The van der Waals surface area contributed by atoms with Crippen molar-refractivity contribution in [1.29, 1.82) is 0 Å². The smallest absolute Gasteiger partial charge is 0.269 e. The lowest BCUT2D eigenvalue weighted by Crippen LogP contribution is -2.26. The zero-order chi connectivity index (χ0) is 14.2. The minimum atomic E-state index is -3.80. The van der Waals surface area contributed by atoms with Crippen molar-refractivity contribution in [1.82, 2.24) is 0 Å². The van der Waals surface area contributed by atoms with Crippen LogP contribution in [0.4, 0.5) is 11.4 Å². The summed E-state index contributed by atoms with van der Waals surface area (Å²) in [6.45, 7) is -0.0392. The average Bonchev–Trinajstić information content (AvgIpc) is 2.71. The fourth-order valence-electron chi connectivity index (χ4n) is 1.87. The lowest BCUT2D eigenvalue weighted by atomic mass is 10.2. The number of nitrogens with zero attached hydrogens (tertiary/aromatic N) is 2. The standard InChI is InChI=1S/C10H9ClN2O5S/c11-19(17,18)9-5-10(14)12(6-9)7-1-3-8(4-2-7)13(15)16/h1-4,9H,5-6H2. The third-order valence-electron chi connectivity index (χ3n) is 2.86. The summed E-state index contributed by atoms with van der Waals surface area (Å²) in [6.07, 6.45) is -0.178. The zero-order valence-electron chi connectivity index (χ0n) is 9.52. The van der Waals surface area contributed by atoms with Crippen molar-refractivity contribution < 1.29 is 18.1 Å². The highest BCUT2D eigenvalue weighted by atomic mass is 35.7. The maximum atomic E-state index is 11.7. The normalized spacial score (nSPS) is 19.7. The van der Waals surface area contributed by atoms with Crippen molar-refractivity contribution >= 4 is 37.0 Å². The van der Waals surface area contributed by atoms with E-state index >= 15 is 0 Å². The molecule has 1 aliphatic rings. The van der Waals surface area contributed by atoms with Crippen molar-refractivity contribution in [3.8, 4) is 0 Å². The molecule has 1 unspecified atom stereocenters. The van der Waals surface area contributed by atoms with E-state index in [9.17, 15) is 23.3 Å². The molecule has 0 radical (unpaired) electrons. The van der Waals surface area contributed by atoms with Crippen LogP contribution < -0.4 is 4.90 Å². The van der Waals surface area contributed by atoms with Crippen molar-refractivity contribution in [3.05, 3.63) is 34.4 Å². The Morgan fingerprint density at radius 3 is 2.32 bits per heavy atom. The van der Waals surface area contributed by atoms with Crippen LogP contribution >= 0.6 is 10.7 Å². The van der Waals surface area contributed by atoms with Crippen molar-refractivity contribution in [2.75, 3.05) is 11.4 Å². The maximum Gasteiger partial charge on any atom is 0.269 e. The maximum absolute atomic E-state index is 11.7. The number of nitro benzene ring substituents is 1. The van der Waals surface area contributed by atoms with Gasteiger partial charge in [0.1, 0.15) is 5.25 Å². The number of benzene rings is 1. The first-order chi connectivity index (χ1) is 8.79. The van der Waals surface area contributed by atoms with Crippen molar-refractivity contribution in [2.45, 2.75) is 11.7 Å². The van der Waals surface area contributed by atoms with E-state index in [1.54, 1.807) is 0 Å². The van der Waals surface area contributed by atoms with Crippen LogP contribution in [0.5, 0.6) is 0 Å². The van der Waals surface area contributed by atoms with Gasteiger partial charge in [-0.15, -0.1) is 0 Å². The van der Waals surface area contributed by atoms with Crippen LogP contribution in [0.3, 0.4) is 0 Å². The van der Waals surface area contributed by atoms with E-state index in [2.05, 4.69) is 0 Å². The van der Waals surface area contributed by atoms with Gasteiger partial charge in [0.05, 0.1) is 4.92 Å². The molecule has 1 aromatic rings. The van der Waals surface area contributed by atoms with Gasteiger partial charge in [-0.1, -0.05) is 0 Å². The van der Waals surface area contributed by atoms with Crippen LogP contribution in [0.25, 0.3) is 0 Å². The van der Waals surface area contributed by atoms with Gasteiger partial charge in [0, 0.05) is 41.5 Å². The Labute approximate surface area is 113 Å². The molecule has 0 spiro atoms. The molecule has 0 N–H and O–H groups in total. The number of amides is 1. The Hall–Kier alpha value is -1.67.